The lowest BCUT2D eigenvalue weighted by Crippen LogP contribution is -2.29. The van der Waals surface area contributed by atoms with E-state index in [2.05, 4.69) is 5.32 Å². The summed E-state index contributed by atoms with van der Waals surface area (Å²) < 4.78 is 12.0. The summed E-state index contributed by atoms with van der Waals surface area (Å²) in [5, 5.41) is 2.96. The number of carbonyl (C=O) groups excluding carboxylic acids is 2. The molecule has 5 heteroatoms. The Morgan fingerprint density at radius 3 is 2.06 bits per heavy atom. The number of carbonyl (C=O) groups is 2. The number of esters is 1. The Kier molecular flexibility index (Phi) is 6.06. The van der Waals surface area contributed by atoms with Gasteiger partial charge in [0.2, 0.25) is 6.10 Å². The van der Waals surface area contributed by atoms with Crippen LogP contribution in [0.5, 0.6) is 11.5 Å². The largest absolute Gasteiger partial charge is 0.457 e. The number of rotatable bonds is 5. The molecule has 1 N–H and O–H groups in total. The SMILES string of the molecule is Cc1ccc(C)c(NC(=O)C(OC(=O)C2c3ccccc3Oc3ccccc32)c2ccccc2)c1. The molecule has 0 saturated heterocycles. The maximum absolute atomic E-state index is 13.7. The molecular formula is C30H25NO4. The average Bonchev–Trinajstić information content (AvgIpc) is 2.88. The Hall–Kier alpha value is -4.38. The molecule has 1 amide bonds. The van der Waals surface area contributed by atoms with Gasteiger partial charge in [0.05, 0.1) is 0 Å². The summed E-state index contributed by atoms with van der Waals surface area (Å²) in [6.45, 7) is 3.89. The molecule has 1 aliphatic rings. The molecule has 5 nitrogen and oxygen atoms in total. The fraction of sp³-hybridized carbons (Fsp3) is 0.133. The van der Waals surface area contributed by atoms with E-state index >= 15 is 0 Å². The fourth-order valence-electron chi connectivity index (χ4n) is 4.32. The van der Waals surface area contributed by atoms with Crippen molar-refractivity contribution in [2.24, 2.45) is 0 Å². The zero-order valence-corrected chi connectivity index (χ0v) is 19.5. The van der Waals surface area contributed by atoms with Crippen molar-refractivity contribution in [3.8, 4) is 11.5 Å². The first-order chi connectivity index (χ1) is 17.0. The molecule has 1 aliphatic heterocycles. The van der Waals surface area contributed by atoms with Crippen LogP contribution < -0.4 is 10.1 Å². The minimum Gasteiger partial charge on any atom is -0.457 e. The summed E-state index contributed by atoms with van der Waals surface area (Å²) >= 11 is 0. The molecule has 0 aromatic heterocycles. The number of fused-ring (bicyclic) bond motifs is 2. The first-order valence-electron chi connectivity index (χ1n) is 11.5. The van der Waals surface area contributed by atoms with E-state index in [0.29, 0.717) is 33.9 Å². The smallest absolute Gasteiger partial charge is 0.319 e. The van der Waals surface area contributed by atoms with E-state index in [9.17, 15) is 9.59 Å². The molecule has 0 bridgehead atoms. The summed E-state index contributed by atoms with van der Waals surface area (Å²) in [6.07, 6.45) is -1.12. The van der Waals surface area contributed by atoms with Crippen molar-refractivity contribution in [1.29, 1.82) is 0 Å². The van der Waals surface area contributed by atoms with E-state index in [1.807, 2.05) is 98.8 Å². The van der Waals surface area contributed by atoms with Crippen molar-refractivity contribution in [2.75, 3.05) is 5.32 Å². The molecule has 1 atom stereocenters. The monoisotopic (exact) mass is 463 g/mol. The molecule has 5 rings (SSSR count). The van der Waals surface area contributed by atoms with Gasteiger partial charge in [-0.1, -0.05) is 78.9 Å². The van der Waals surface area contributed by atoms with Crippen molar-refractivity contribution in [1.82, 2.24) is 0 Å². The lowest BCUT2D eigenvalue weighted by Gasteiger charge is -2.28. The molecule has 1 unspecified atom stereocenters. The molecule has 4 aromatic rings. The zero-order valence-electron chi connectivity index (χ0n) is 19.5. The number of benzene rings is 4. The third-order valence-electron chi connectivity index (χ3n) is 6.14. The van der Waals surface area contributed by atoms with Gasteiger partial charge in [0, 0.05) is 22.4 Å². The van der Waals surface area contributed by atoms with Crippen molar-refractivity contribution in [3.05, 3.63) is 125 Å². The van der Waals surface area contributed by atoms with Crippen LogP contribution in [0.4, 0.5) is 5.69 Å². The van der Waals surface area contributed by atoms with Crippen LogP contribution in [0.2, 0.25) is 0 Å². The second-order valence-corrected chi connectivity index (χ2v) is 8.65. The number of aryl methyl sites for hydroxylation is 2. The maximum Gasteiger partial charge on any atom is 0.319 e. The molecule has 0 saturated carbocycles. The van der Waals surface area contributed by atoms with Gasteiger partial charge < -0.3 is 14.8 Å². The molecule has 0 radical (unpaired) electrons. The number of nitrogens with one attached hydrogen (secondary N) is 1. The lowest BCUT2D eigenvalue weighted by molar-refractivity contribution is -0.155. The highest BCUT2D eigenvalue weighted by Gasteiger charge is 2.36. The average molecular weight is 464 g/mol. The number of hydrogen-bond acceptors (Lipinski definition) is 4. The van der Waals surface area contributed by atoms with E-state index in [1.165, 1.54) is 0 Å². The lowest BCUT2D eigenvalue weighted by atomic mass is 9.88. The predicted octanol–water partition coefficient (Wildman–Crippen LogP) is 6.46. The van der Waals surface area contributed by atoms with E-state index in [0.717, 1.165) is 11.1 Å². The Morgan fingerprint density at radius 2 is 1.40 bits per heavy atom. The third kappa shape index (κ3) is 4.53. The first-order valence-corrected chi connectivity index (χ1v) is 11.5. The molecule has 35 heavy (non-hydrogen) atoms. The number of para-hydroxylation sites is 2. The van der Waals surface area contributed by atoms with Crippen molar-refractivity contribution in [3.63, 3.8) is 0 Å². The van der Waals surface area contributed by atoms with E-state index in [1.54, 1.807) is 12.1 Å². The number of ether oxygens (including phenoxy) is 2. The molecule has 0 spiro atoms. The minimum absolute atomic E-state index is 0.410. The topological polar surface area (TPSA) is 64.6 Å². The highest BCUT2D eigenvalue weighted by molar-refractivity contribution is 5.97. The van der Waals surface area contributed by atoms with Crippen LogP contribution in [0, 0.1) is 13.8 Å². The van der Waals surface area contributed by atoms with E-state index in [-0.39, 0.29) is 0 Å². The van der Waals surface area contributed by atoms with Crippen LogP contribution in [-0.4, -0.2) is 11.9 Å². The van der Waals surface area contributed by atoms with Gasteiger partial charge in [0.25, 0.3) is 5.91 Å². The predicted molar refractivity (Wildman–Crippen MR) is 135 cm³/mol. The molecule has 4 aromatic carbocycles. The standard InChI is InChI=1S/C30H25NO4/c1-19-16-17-20(2)24(18-19)31-29(32)28(21-10-4-3-5-11-21)35-30(33)27-22-12-6-8-14-25(22)34-26-15-9-7-13-23(26)27/h3-18,27-28H,1-2H3,(H,31,32). The fourth-order valence-corrected chi connectivity index (χ4v) is 4.32. The Labute approximate surface area is 204 Å². The third-order valence-corrected chi connectivity index (χ3v) is 6.14. The van der Waals surface area contributed by atoms with E-state index in [4.69, 9.17) is 9.47 Å². The highest BCUT2D eigenvalue weighted by atomic mass is 16.5. The van der Waals surface area contributed by atoms with Gasteiger partial charge >= 0.3 is 5.97 Å². The van der Waals surface area contributed by atoms with Crippen molar-refractivity contribution >= 4 is 17.6 Å². The van der Waals surface area contributed by atoms with Crippen LogP contribution in [0.3, 0.4) is 0 Å². The van der Waals surface area contributed by atoms with Gasteiger partial charge in [0.1, 0.15) is 17.4 Å². The molecule has 0 fully saturated rings. The van der Waals surface area contributed by atoms with Crippen LogP contribution in [0.1, 0.15) is 39.8 Å². The van der Waals surface area contributed by atoms with Crippen molar-refractivity contribution < 1.29 is 19.1 Å². The Balaban J connectivity index is 1.50. The van der Waals surface area contributed by atoms with Gasteiger partial charge in [-0.25, -0.2) is 0 Å². The summed E-state index contributed by atoms with van der Waals surface area (Å²) in [6, 6.07) is 29.7. The van der Waals surface area contributed by atoms with Gasteiger partial charge in [-0.2, -0.15) is 0 Å². The van der Waals surface area contributed by atoms with Crippen LogP contribution in [0.15, 0.2) is 97.1 Å². The summed E-state index contributed by atoms with van der Waals surface area (Å²) in [7, 11) is 0. The number of hydrogen-bond donors (Lipinski definition) is 1. The Bertz CT molecular complexity index is 1350. The van der Waals surface area contributed by atoms with E-state index < -0.39 is 23.9 Å². The second kappa shape index (κ2) is 9.47. The van der Waals surface area contributed by atoms with Gasteiger partial charge in [0.15, 0.2) is 0 Å². The summed E-state index contributed by atoms with van der Waals surface area (Å²) in [5.74, 6) is -0.436. The number of amides is 1. The minimum atomic E-state index is -1.12. The van der Waals surface area contributed by atoms with Crippen LogP contribution >= 0.6 is 0 Å². The van der Waals surface area contributed by atoms with Crippen molar-refractivity contribution in [2.45, 2.75) is 25.9 Å². The number of anilines is 1. The zero-order chi connectivity index (χ0) is 24.4. The molecule has 174 valence electrons. The quantitative estimate of drug-likeness (QED) is 0.345. The molecular weight excluding hydrogens is 438 g/mol. The van der Waals surface area contributed by atoms with Gasteiger partial charge in [-0.05, 0) is 43.2 Å². The van der Waals surface area contributed by atoms with Gasteiger partial charge in [-0.15, -0.1) is 0 Å². The highest BCUT2D eigenvalue weighted by Crippen LogP contribution is 2.45. The summed E-state index contributed by atoms with van der Waals surface area (Å²) in [4.78, 5) is 27.2. The maximum atomic E-state index is 13.7. The first kappa shape index (κ1) is 22.4. The summed E-state index contributed by atoms with van der Waals surface area (Å²) in [5.41, 5.74) is 4.64. The molecule has 0 aliphatic carbocycles. The Morgan fingerprint density at radius 1 is 0.800 bits per heavy atom. The molecule has 1 heterocycles. The van der Waals surface area contributed by atoms with Gasteiger partial charge in [-0.3, -0.25) is 9.59 Å². The normalized spacial score (nSPS) is 13.1. The second-order valence-electron chi connectivity index (χ2n) is 8.65. The van der Waals surface area contributed by atoms with Crippen LogP contribution in [-0.2, 0) is 14.3 Å². The van der Waals surface area contributed by atoms with Crippen LogP contribution in [0.25, 0.3) is 0 Å².